The van der Waals surface area contributed by atoms with E-state index in [-0.39, 0.29) is 11.6 Å². The number of aromatic nitrogens is 1. The van der Waals surface area contributed by atoms with E-state index in [9.17, 15) is 4.79 Å². The number of nitrogens with zero attached hydrogens (tertiary/aromatic N) is 1. The summed E-state index contributed by atoms with van der Waals surface area (Å²) in [7, 11) is 0. The summed E-state index contributed by atoms with van der Waals surface area (Å²) in [4.78, 5) is 11.6. The van der Waals surface area contributed by atoms with Crippen LogP contribution in [0.4, 0.5) is 11.4 Å². The van der Waals surface area contributed by atoms with Gasteiger partial charge in [-0.15, -0.1) is 0 Å². The van der Waals surface area contributed by atoms with Crippen LogP contribution in [0.15, 0.2) is 16.7 Å². The predicted molar refractivity (Wildman–Crippen MR) is 82.4 cm³/mol. The Hall–Kier alpha value is -2.21. The van der Waals surface area contributed by atoms with Gasteiger partial charge in [0.1, 0.15) is 5.76 Å². The van der Waals surface area contributed by atoms with Crippen molar-refractivity contribution in [1.82, 2.24) is 5.16 Å². The normalized spacial score (nSPS) is 12.2. The molecule has 0 aliphatic heterocycles. The zero-order valence-electron chi connectivity index (χ0n) is 12.0. The number of carbonyl (C=O) groups is 1. The fraction of sp³-hybridized carbons (Fsp3) is 0.286. The number of hydrogen-bond donors (Lipinski definition) is 3. The van der Waals surface area contributed by atoms with Gasteiger partial charge in [-0.2, -0.15) is 0 Å². The Balaban J connectivity index is 2.42. The minimum absolute atomic E-state index is 0.157. The zero-order valence-corrected chi connectivity index (χ0v) is 12.8. The number of nitrogens with one attached hydrogen (secondary N) is 1. The molecule has 2 aromatic rings. The van der Waals surface area contributed by atoms with E-state index in [1.54, 1.807) is 6.07 Å². The Bertz CT molecular complexity index is 677. The van der Waals surface area contributed by atoms with Crippen molar-refractivity contribution in [1.29, 1.82) is 0 Å². The lowest BCUT2D eigenvalue weighted by Crippen LogP contribution is -2.17. The molecule has 1 unspecified atom stereocenters. The molecule has 1 aromatic carbocycles. The highest BCUT2D eigenvalue weighted by atomic mass is 35.5. The van der Waals surface area contributed by atoms with Crippen LogP contribution in [-0.4, -0.2) is 11.1 Å². The number of primary amides is 1. The van der Waals surface area contributed by atoms with Crippen LogP contribution in [0.25, 0.3) is 0 Å². The molecule has 0 saturated carbocycles. The van der Waals surface area contributed by atoms with Crippen molar-refractivity contribution in [2.75, 3.05) is 11.1 Å². The predicted octanol–water partition coefficient (Wildman–Crippen LogP) is 2.80. The Morgan fingerprint density at radius 3 is 2.62 bits per heavy atom. The van der Waals surface area contributed by atoms with Crippen LogP contribution < -0.4 is 16.8 Å². The minimum Gasteiger partial charge on any atom is -0.399 e. The van der Waals surface area contributed by atoms with E-state index in [1.165, 1.54) is 6.07 Å². The first-order valence-corrected chi connectivity index (χ1v) is 6.77. The number of benzene rings is 1. The Morgan fingerprint density at radius 1 is 1.43 bits per heavy atom. The van der Waals surface area contributed by atoms with Gasteiger partial charge >= 0.3 is 0 Å². The minimum atomic E-state index is -0.599. The SMILES string of the molecule is Cc1noc(C)c1C(C)Nc1c(Cl)cc(N)cc1C(N)=O. The van der Waals surface area contributed by atoms with Crippen LogP contribution in [0.5, 0.6) is 0 Å². The number of anilines is 2. The quantitative estimate of drug-likeness (QED) is 0.753. The monoisotopic (exact) mass is 308 g/mol. The number of aryl methyl sites for hydroxylation is 2. The lowest BCUT2D eigenvalue weighted by Gasteiger charge is -2.19. The van der Waals surface area contributed by atoms with Gasteiger partial charge < -0.3 is 21.3 Å². The molecular formula is C14H17ClN4O2. The van der Waals surface area contributed by atoms with E-state index in [1.807, 2.05) is 20.8 Å². The molecule has 7 heteroatoms. The van der Waals surface area contributed by atoms with Crippen LogP contribution in [0.2, 0.25) is 5.02 Å². The molecule has 2 rings (SSSR count). The van der Waals surface area contributed by atoms with Crippen molar-refractivity contribution in [2.24, 2.45) is 5.73 Å². The van der Waals surface area contributed by atoms with Crippen molar-refractivity contribution in [3.8, 4) is 0 Å². The number of carbonyl (C=O) groups excluding carboxylic acids is 1. The number of amides is 1. The molecule has 1 atom stereocenters. The number of rotatable bonds is 4. The summed E-state index contributed by atoms with van der Waals surface area (Å²) in [5, 5.41) is 7.43. The smallest absolute Gasteiger partial charge is 0.250 e. The van der Waals surface area contributed by atoms with Crippen LogP contribution in [0, 0.1) is 13.8 Å². The highest BCUT2D eigenvalue weighted by Gasteiger charge is 2.20. The average molecular weight is 309 g/mol. The second kappa shape index (κ2) is 5.65. The second-order valence-electron chi connectivity index (χ2n) is 4.89. The fourth-order valence-electron chi connectivity index (χ4n) is 2.37. The average Bonchev–Trinajstić information content (AvgIpc) is 2.71. The summed E-state index contributed by atoms with van der Waals surface area (Å²) >= 11 is 6.17. The van der Waals surface area contributed by atoms with Gasteiger partial charge in [-0.3, -0.25) is 4.79 Å². The van der Waals surface area contributed by atoms with Crippen LogP contribution in [0.3, 0.4) is 0 Å². The molecule has 0 spiro atoms. The third-order valence-electron chi connectivity index (χ3n) is 3.26. The Kier molecular flexibility index (Phi) is 4.09. The van der Waals surface area contributed by atoms with Crippen molar-refractivity contribution in [2.45, 2.75) is 26.8 Å². The van der Waals surface area contributed by atoms with E-state index in [0.29, 0.717) is 22.2 Å². The largest absolute Gasteiger partial charge is 0.399 e. The van der Waals surface area contributed by atoms with E-state index in [4.69, 9.17) is 27.6 Å². The molecule has 0 bridgehead atoms. The van der Waals surface area contributed by atoms with Gasteiger partial charge in [0.05, 0.1) is 28.0 Å². The Labute approximate surface area is 127 Å². The molecule has 21 heavy (non-hydrogen) atoms. The molecule has 112 valence electrons. The molecule has 0 aliphatic rings. The lowest BCUT2D eigenvalue weighted by molar-refractivity contribution is 0.100. The van der Waals surface area contributed by atoms with Crippen LogP contribution >= 0.6 is 11.6 Å². The van der Waals surface area contributed by atoms with Gasteiger partial charge in [0.15, 0.2) is 0 Å². The first kappa shape index (κ1) is 15.2. The summed E-state index contributed by atoms with van der Waals surface area (Å²) in [6.45, 7) is 5.60. The van der Waals surface area contributed by atoms with Crippen LogP contribution in [-0.2, 0) is 0 Å². The summed E-state index contributed by atoms with van der Waals surface area (Å²) in [5.41, 5.74) is 13.8. The zero-order chi connectivity index (χ0) is 15.7. The summed E-state index contributed by atoms with van der Waals surface area (Å²) in [5.74, 6) is 0.109. The van der Waals surface area contributed by atoms with Gasteiger partial charge in [0.2, 0.25) is 0 Å². The van der Waals surface area contributed by atoms with Crippen molar-refractivity contribution in [3.63, 3.8) is 0 Å². The molecule has 5 N–H and O–H groups in total. The van der Waals surface area contributed by atoms with Gasteiger partial charge in [-0.05, 0) is 32.9 Å². The van der Waals surface area contributed by atoms with E-state index < -0.39 is 5.91 Å². The molecule has 6 nitrogen and oxygen atoms in total. The highest BCUT2D eigenvalue weighted by molar-refractivity contribution is 6.34. The van der Waals surface area contributed by atoms with E-state index in [2.05, 4.69) is 10.5 Å². The van der Waals surface area contributed by atoms with Gasteiger partial charge in [0.25, 0.3) is 5.91 Å². The molecule has 1 amide bonds. The molecule has 1 aromatic heterocycles. The lowest BCUT2D eigenvalue weighted by atomic mass is 10.0. The van der Waals surface area contributed by atoms with Crippen molar-refractivity contribution >= 4 is 28.9 Å². The number of halogens is 1. The maximum absolute atomic E-state index is 11.6. The fourth-order valence-corrected chi connectivity index (χ4v) is 2.65. The third-order valence-corrected chi connectivity index (χ3v) is 3.56. The Morgan fingerprint density at radius 2 is 2.10 bits per heavy atom. The maximum Gasteiger partial charge on any atom is 0.250 e. The van der Waals surface area contributed by atoms with Gasteiger partial charge in [-0.1, -0.05) is 16.8 Å². The summed E-state index contributed by atoms with van der Waals surface area (Å²) in [6.07, 6.45) is 0. The highest BCUT2D eigenvalue weighted by Crippen LogP contribution is 2.33. The number of nitrogens with two attached hydrogens (primary N) is 2. The number of nitrogen functional groups attached to an aromatic ring is 1. The summed E-state index contributed by atoms with van der Waals surface area (Å²) in [6, 6.07) is 2.91. The molecular weight excluding hydrogens is 292 g/mol. The summed E-state index contributed by atoms with van der Waals surface area (Å²) < 4.78 is 5.15. The van der Waals surface area contributed by atoms with Crippen molar-refractivity contribution in [3.05, 3.63) is 39.7 Å². The van der Waals surface area contributed by atoms with Gasteiger partial charge in [-0.25, -0.2) is 0 Å². The van der Waals surface area contributed by atoms with E-state index in [0.717, 1.165) is 11.3 Å². The first-order valence-electron chi connectivity index (χ1n) is 6.39. The maximum atomic E-state index is 11.6. The van der Waals surface area contributed by atoms with Crippen molar-refractivity contribution < 1.29 is 9.32 Å². The first-order chi connectivity index (χ1) is 9.81. The standard InChI is InChI=1S/C14H17ClN4O2/c1-6(12-7(2)19-21-8(12)3)18-13-10(14(17)20)4-9(16)5-11(13)15/h4-6,18H,16H2,1-3H3,(H2,17,20). The molecule has 0 saturated heterocycles. The molecule has 0 aliphatic carbocycles. The molecule has 1 heterocycles. The number of hydrogen-bond acceptors (Lipinski definition) is 5. The van der Waals surface area contributed by atoms with E-state index >= 15 is 0 Å². The third kappa shape index (κ3) is 2.95. The second-order valence-corrected chi connectivity index (χ2v) is 5.30. The topological polar surface area (TPSA) is 107 Å². The molecule has 0 fully saturated rings. The molecule has 0 radical (unpaired) electrons. The van der Waals surface area contributed by atoms with Crippen LogP contribution in [0.1, 0.15) is 40.3 Å². The van der Waals surface area contributed by atoms with Gasteiger partial charge in [0, 0.05) is 11.3 Å².